The SMILES string of the molecule is CC[C@H](Oc1ccc(N(C)S(C)(=O)=O)cc1)C(=O)N(C)C. The zero-order valence-electron chi connectivity index (χ0n) is 13.0. The molecule has 0 unspecified atom stereocenters. The Hall–Kier alpha value is -1.76. The summed E-state index contributed by atoms with van der Waals surface area (Å²) in [6.45, 7) is 1.87. The van der Waals surface area contributed by atoms with Crippen LogP contribution >= 0.6 is 0 Å². The molecule has 7 heteroatoms. The van der Waals surface area contributed by atoms with Crippen molar-refractivity contribution in [3.8, 4) is 5.75 Å². The van der Waals surface area contributed by atoms with Gasteiger partial charge in [-0.25, -0.2) is 8.42 Å². The van der Waals surface area contributed by atoms with Gasteiger partial charge >= 0.3 is 0 Å². The molecule has 118 valence electrons. The predicted octanol–water partition coefficient (Wildman–Crippen LogP) is 1.33. The number of hydrogen-bond acceptors (Lipinski definition) is 4. The number of carbonyl (C=O) groups is 1. The molecule has 0 bridgehead atoms. The normalized spacial score (nSPS) is 12.6. The number of ether oxygens (including phenoxy) is 1. The van der Waals surface area contributed by atoms with E-state index in [1.54, 1.807) is 38.4 Å². The maximum absolute atomic E-state index is 11.9. The Morgan fingerprint density at radius 1 is 1.19 bits per heavy atom. The molecule has 6 nitrogen and oxygen atoms in total. The van der Waals surface area contributed by atoms with E-state index in [0.717, 1.165) is 6.26 Å². The minimum absolute atomic E-state index is 0.102. The van der Waals surface area contributed by atoms with Gasteiger partial charge in [-0.2, -0.15) is 0 Å². The maximum Gasteiger partial charge on any atom is 0.263 e. The standard InChI is InChI=1S/C14H22N2O4S/c1-6-13(14(17)15(2)3)20-12-9-7-11(8-10-12)16(4)21(5,18)19/h7-10,13H,6H2,1-5H3/t13-/m0/s1. The number of sulfonamides is 1. The molecule has 0 saturated heterocycles. The first kappa shape index (κ1) is 17.3. The van der Waals surface area contributed by atoms with E-state index >= 15 is 0 Å². The van der Waals surface area contributed by atoms with Gasteiger partial charge in [0.15, 0.2) is 6.10 Å². The lowest BCUT2D eigenvalue weighted by molar-refractivity contribution is -0.136. The third-order valence-electron chi connectivity index (χ3n) is 3.06. The third-order valence-corrected chi connectivity index (χ3v) is 4.27. The van der Waals surface area contributed by atoms with Crippen molar-refractivity contribution < 1.29 is 17.9 Å². The Bertz CT molecular complexity index is 581. The lowest BCUT2D eigenvalue weighted by Crippen LogP contribution is -2.37. The second-order valence-corrected chi connectivity index (χ2v) is 6.99. The van der Waals surface area contributed by atoms with E-state index in [0.29, 0.717) is 17.9 Å². The highest BCUT2D eigenvalue weighted by Crippen LogP contribution is 2.21. The molecule has 0 heterocycles. The Labute approximate surface area is 126 Å². The van der Waals surface area contributed by atoms with Gasteiger partial charge < -0.3 is 9.64 Å². The number of carbonyl (C=O) groups excluding carboxylic acids is 1. The van der Waals surface area contributed by atoms with E-state index in [1.807, 2.05) is 6.92 Å². The Balaban J connectivity index is 2.86. The molecule has 0 N–H and O–H groups in total. The second kappa shape index (κ2) is 6.80. The largest absolute Gasteiger partial charge is 0.481 e. The fraction of sp³-hybridized carbons (Fsp3) is 0.500. The van der Waals surface area contributed by atoms with Crippen molar-refractivity contribution >= 4 is 21.6 Å². The smallest absolute Gasteiger partial charge is 0.263 e. The molecule has 0 saturated carbocycles. The second-order valence-electron chi connectivity index (χ2n) is 4.97. The minimum atomic E-state index is -3.29. The molecule has 1 aromatic carbocycles. The van der Waals surface area contributed by atoms with Crippen molar-refractivity contribution in [2.45, 2.75) is 19.4 Å². The van der Waals surface area contributed by atoms with Crippen molar-refractivity contribution in [2.75, 3.05) is 31.7 Å². The lowest BCUT2D eigenvalue weighted by Gasteiger charge is -2.21. The number of hydrogen-bond donors (Lipinski definition) is 0. The molecule has 1 atom stereocenters. The molecule has 1 aromatic rings. The van der Waals surface area contributed by atoms with Crippen LogP contribution in [0.15, 0.2) is 24.3 Å². The van der Waals surface area contributed by atoms with Gasteiger partial charge in [0.1, 0.15) is 5.75 Å². The zero-order valence-corrected chi connectivity index (χ0v) is 13.8. The van der Waals surface area contributed by atoms with Crippen LogP contribution in [0.4, 0.5) is 5.69 Å². The average molecular weight is 314 g/mol. The van der Waals surface area contributed by atoms with Crippen LogP contribution in [-0.2, 0) is 14.8 Å². The molecule has 0 aromatic heterocycles. The van der Waals surface area contributed by atoms with Gasteiger partial charge in [-0.1, -0.05) is 6.92 Å². The highest BCUT2D eigenvalue weighted by Gasteiger charge is 2.20. The van der Waals surface area contributed by atoms with E-state index in [-0.39, 0.29) is 5.91 Å². The van der Waals surface area contributed by atoms with Gasteiger partial charge in [-0.15, -0.1) is 0 Å². The molecule has 0 aliphatic carbocycles. The van der Waals surface area contributed by atoms with Gasteiger partial charge in [-0.05, 0) is 30.7 Å². The van der Waals surface area contributed by atoms with Gasteiger partial charge in [0.2, 0.25) is 10.0 Å². The van der Waals surface area contributed by atoms with Crippen LogP contribution in [0.5, 0.6) is 5.75 Å². The third kappa shape index (κ3) is 4.63. The Morgan fingerprint density at radius 2 is 1.71 bits per heavy atom. The maximum atomic E-state index is 11.9. The summed E-state index contributed by atoms with van der Waals surface area (Å²) < 4.78 is 29.7. The summed E-state index contributed by atoms with van der Waals surface area (Å²) in [6, 6.07) is 6.59. The molecule has 21 heavy (non-hydrogen) atoms. The topological polar surface area (TPSA) is 66.9 Å². The highest BCUT2D eigenvalue weighted by atomic mass is 32.2. The van der Waals surface area contributed by atoms with Crippen LogP contribution in [0.25, 0.3) is 0 Å². The van der Waals surface area contributed by atoms with Crippen LogP contribution in [0.1, 0.15) is 13.3 Å². The van der Waals surface area contributed by atoms with Crippen LogP contribution in [-0.4, -0.2) is 52.7 Å². The first-order valence-electron chi connectivity index (χ1n) is 6.58. The zero-order chi connectivity index (χ0) is 16.2. The van der Waals surface area contributed by atoms with Gasteiger partial charge in [0.25, 0.3) is 5.91 Å². The Morgan fingerprint density at radius 3 is 2.10 bits per heavy atom. The minimum Gasteiger partial charge on any atom is -0.481 e. The van der Waals surface area contributed by atoms with Gasteiger partial charge in [0.05, 0.1) is 11.9 Å². The predicted molar refractivity (Wildman–Crippen MR) is 83.1 cm³/mol. The highest BCUT2D eigenvalue weighted by molar-refractivity contribution is 7.92. The van der Waals surface area contributed by atoms with Crippen molar-refractivity contribution in [2.24, 2.45) is 0 Å². The summed E-state index contributed by atoms with van der Waals surface area (Å²) in [5, 5.41) is 0. The van der Waals surface area contributed by atoms with Crippen LogP contribution in [0.3, 0.4) is 0 Å². The average Bonchev–Trinajstić information content (AvgIpc) is 2.42. The van der Waals surface area contributed by atoms with E-state index in [9.17, 15) is 13.2 Å². The number of likely N-dealkylation sites (N-methyl/N-ethyl adjacent to an activating group) is 1. The first-order valence-corrected chi connectivity index (χ1v) is 8.43. The van der Waals surface area contributed by atoms with E-state index in [2.05, 4.69) is 0 Å². The molecular formula is C14H22N2O4S. The molecule has 1 rings (SSSR count). The summed E-state index contributed by atoms with van der Waals surface area (Å²) in [7, 11) is 1.55. The fourth-order valence-electron chi connectivity index (χ4n) is 1.69. The van der Waals surface area contributed by atoms with Crippen molar-refractivity contribution in [3.05, 3.63) is 24.3 Å². The number of anilines is 1. The summed E-state index contributed by atoms with van der Waals surface area (Å²) >= 11 is 0. The van der Waals surface area contributed by atoms with E-state index < -0.39 is 16.1 Å². The van der Waals surface area contributed by atoms with Crippen LogP contribution in [0, 0.1) is 0 Å². The first-order chi connectivity index (χ1) is 9.66. The molecule has 0 radical (unpaired) electrons. The molecule has 0 fully saturated rings. The van der Waals surface area contributed by atoms with Gasteiger partial charge in [0, 0.05) is 21.1 Å². The fourth-order valence-corrected chi connectivity index (χ4v) is 2.19. The number of rotatable bonds is 6. The lowest BCUT2D eigenvalue weighted by atomic mass is 10.2. The molecular weight excluding hydrogens is 292 g/mol. The molecule has 0 aliphatic heterocycles. The summed E-state index contributed by atoms with van der Waals surface area (Å²) in [5.74, 6) is 0.428. The summed E-state index contributed by atoms with van der Waals surface area (Å²) in [5.41, 5.74) is 0.539. The summed E-state index contributed by atoms with van der Waals surface area (Å²) in [4.78, 5) is 13.4. The number of amides is 1. The number of nitrogens with zero attached hydrogens (tertiary/aromatic N) is 2. The molecule has 1 amide bonds. The van der Waals surface area contributed by atoms with Crippen molar-refractivity contribution in [3.63, 3.8) is 0 Å². The quantitative estimate of drug-likeness (QED) is 0.794. The van der Waals surface area contributed by atoms with Crippen molar-refractivity contribution in [1.29, 1.82) is 0 Å². The van der Waals surface area contributed by atoms with Crippen molar-refractivity contribution in [1.82, 2.24) is 4.90 Å². The van der Waals surface area contributed by atoms with E-state index in [1.165, 1.54) is 16.3 Å². The van der Waals surface area contributed by atoms with E-state index in [4.69, 9.17) is 4.74 Å². The monoisotopic (exact) mass is 314 g/mol. The molecule has 0 spiro atoms. The Kier molecular flexibility index (Phi) is 5.60. The van der Waals surface area contributed by atoms with Crippen LogP contribution < -0.4 is 9.04 Å². The summed E-state index contributed by atoms with van der Waals surface area (Å²) in [6.07, 6.45) is 1.15. The molecule has 0 aliphatic rings. The van der Waals surface area contributed by atoms with Gasteiger partial charge in [-0.3, -0.25) is 9.10 Å². The number of benzene rings is 1. The van der Waals surface area contributed by atoms with Crippen LogP contribution in [0.2, 0.25) is 0 Å².